The standard InChI is InChI=1S/Cr.Hf.La.Mo.Nb.Ta.Ti.W. The van der Waals surface area contributed by atoms with Crippen LogP contribution in [0.4, 0.5) is 0 Å². The van der Waals surface area contributed by atoms with Crippen LogP contribution >= 0.6 is 0 Å². The van der Waals surface area contributed by atoms with Crippen molar-refractivity contribution in [2.75, 3.05) is 0 Å². The van der Waals surface area contributed by atoms with Gasteiger partial charge in [-0.2, -0.15) is 0 Å². The Hall–Kier alpha value is 6.17. The van der Waals surface area contributed by atoms with Gasteiger partial charge in [0.1, 0.15) is 0 Å². The normalized spacial score (nSPS) is 0. The smallest absolute Gasteiger partial charge is 0 e. The van der Waals surface area contributed by atoms with Crippen molar-refractivity contribution in [3.8, 4) is 0 Å². The maximum atomic E-state index is 0. The molecule has 39 valence electrons. The minimum atomic E-state index is 0. The van der Waals surface area contributed by atoms with Crippen LogP contribution in [0.3, 0.4) is 0 Å². The van der Waals surface area contributed by atoms with Gasteiger partial charge in [-0.1, -0.05) is 0 Å². The van der Waals surface area contributed by atoms with Gasteiger partial charge < -0.3 is 0 Å². The molecule has 0 fully saturated rings. The fraction of sp³-hybridized carbons (Fsp3) is 0. The Morgan fingerprint density at radius 1 is 1.00 bits per heavy atom. The molecule has 0 bridgehead atoms. The van der Waals surface area contributed by atoms with E-state index in [9.17, 15) is 0 Å². The maximum Gasteiger partial charge on any atom is 0 e. The summed E-state index contributed by atoms with van der Waals surface area (Å²) >= 11 is 0. The van der Waals surface area contributed by atoms with Crippen molar-refractivity contribution in [2.45, 2.75) is 0 Å². The fourth-order valence-electron chi connectivity index (χ4n) is 0. The van der Waals surface area contributed by atoms with Crippen LogP contribution in [0.15, 0.2) is 0 Å². The minimum Gasteiger partial charge on any atom is 0 e. The zero-order chi connectivity index (χ0) is 0. The van der Waals surface area contributed by atoms with Crippen molar-refractivity contribution in [3.05, 3.63) is 0 Å². The molecule has 3 radical (unpaired) electrons. The van der Waals surface area contributed by atoms with Crippen LogP contribution in [0.1, 0.15) is 0 Å². The Morgan fingerprint density at radius 2 is 1.00 bits per heavy atom. The summed E-state index contributed by atoms with van der Waals surface area (Å²) < 4.78 is 0. The van der Waals surface area contributed by atoms with E-state index < -0.39 is 0 Å². The molecule has 0 saturated heterocycles. The summed E-state index contributed by atoms with van der Waals surface area (Å²) in [5.74, 6) is 0. The molecule has 8 heteroatoms. The number of hydrogen-bond acceptors (Lipinski definition) is 0. The second-order valence-electron chi connectivity index (χ2n) is 0. The minimum absolute atomic E-state index is 0. The van der Waals surface area contributed by atoms with Crippen molar-refractivity contribution < 1.29 is 187 Å². The van der Waals surface area contributed by atoms with E-state index in [1.165, 1.54) is 0 Å². The Kier molecular flexibility index (Phi) is 414. The topological polar surface area (TPSA) is 0 Å². The van der Waals surface area contributed by atoms with Gasteiger partial charge in [-0.15, -0.1) is 0 Å². The van der Waals surface area contributed by atoms with E-state index in [0.717, 1.165) is 0 Å². The third kappa shape index (κ3) is 39.9. The summed E-state index contributed by atoms with van der Waals surface area (Å²) in [6.07, 6.45) is 0. The summed E-state index contributed by atoms with van der Waals surface area (Å²) in [4.78, 5) is 0. The van der Waals surface area contributed by atoms with E-state index in [2.05, 4.69) is 0 Å². The van der Waals surface area contributed by atoms with Crippen molar-refractivity contribution in [3.63, 3.8) is 0 Å². The third-order valence-electron chi connectivity index (χ3n) is 0. The predicted molar refractivity (Wildman–Crippen MR) is 0 cm³/mol. The molecule has 0 heterocycles. The Labute approximate surface area is 182 Å². The molecule has 0 unspecified atom stereocenters. The van der Waals surface area contributed by atoms with Crippen LogP contribution in [0.2, 0.25) is 0 Å². The van der Waals surface area contributed by atoms with Crippen molar-refractivity contribution >= 4 is 0 Å². The average Bonchev–Trinajstić information content (AvgIpc) is 0. The van der Waals surface area contributed by atoms with E-state index in [0.29, 0.717) is 0 Å². The van der Waals surface area contributed by atoms with Crippen LogP contribution in [-0.4, -0.2) is 0 Å². The SMILES string of the molecule is [Cr].[Hf].[La].[Mo].[Nb].[Ta].[Ti].[W]. The number of hydrogen-bond donors (Lipinski definition) is 0. The first kappa shape index (κ1) is 64.6. The molecule has 0 aromatic carbocycles. The molecule has 0 amide bonds. The molecular weight excluding hydrogens is 971 g/mol. The van der Waals surface area contributed by atoms with E-state index in [1.54, 1.807) is 0 Å². The molecule has 0 aromatic rings. The van der Waals surface area contributed by atoms with Gasteiger partial charge in [0, 0.05) is 187 Å². The zero-order valence-electron chi connectivity index (χ0n) is 3.70. The van der Waals surface area contributed by atoms with Gasteiger partial charge in [0.05, 0.1) is 0 Å². The van der Waals surface area contributed by atoms with E-state index in [-0.39, 0.29) is 187 Å². The van der Waals surface area contributed by atoms with Crippen LogP contribution < -0.4 is 0 Å². The zero-order valence-corrected chi connectivity index (χ0v) is 24.1. The summed E-state index contributed by atoms with van der Waals surface area (Å²) in [7, 11) is 0. The predicted octanol–water partition coefficient (Wildman–Crippen LogP) is -0.0175. The van der Waals surface area contributed by atoms with Gasteiger partial charge in [-0.25, -0.2) is 0 Å². The van der Waals surface area contributed by atoms with Crippen LogP contribution in [0, 0.1) is 35.6 Å². The molecule has 0 nitrogen and oxygen atoms in total. The molecule has 0 saturated carbocycles. The third-order valence-corrected chi connectivity index (χ3v) is 0. The molecule has 0 aromatic heterocycles. The van der Waals surface area contributed by atoms with Gasteiger partial charge in [0.25, 0.3) is 0 Å². The first-order valence-electron chi connectivity index (χ1n) is 0. The van der Waals surface area contributed by atoms with E-state index >= 15 is 0 Å². The van der Waals surface area contributed by atoms with Crippen molar-refractivity contribution in [1.29, 1.82) is 0 Å². The van der Waals surface area contributed by atoms with Gasteiger partial charge in [-0.3, -0.25) is 0 Å². The molecule has 0 spiro atoms. The largest absolute Gasteiger partial charge is 0 e. The molecular formula is CrHfLaMoNbTaTiW. The molecule has 8 heavy (non-hydrogen) atoms. The first-order valence-corrected chi connectivity index (χ1v) is 0. The second kappa shape index (κ2) is 51.2. The van der Waals surface area contributed by atoms with Gasteiger partial charge >= 0.3 is 0 Å². The summed E-state index contributed by atoms with van der Waals surface area (Å²) in [5.41, 5.74) is 0. The second-order valence-corrected chi connectivity index (χ2v) is 0. The van der Waals surface area contributed by atoms with E-state index in [4.69, 9.17) is 0 Å². The number of rotatable bonds is 0. The summed E-state index contributed by atoms with van der Waals surface area (Å²) in [5, 5.41) is 0. The average molecular weight is 971 g/mol. The maximum absolute atomic E-state index is 0. The molecule has 0 aliphatic heterocycles. The van der Waals surface area contributed by atoms with Crippen LogP contribution in [0.25, 0.3) is 0 Å². The molecule has 0 atom stereocenters. The fourth-order valence-corrected chi connectivity index (χ4v) is 0. The Balaban J connectivity index is 0. The molecule has 0 rings (SSSR count). The molecule has 0 aliphatic rings. The van der Waals surface area contributed by atoms with Crippen LogP contribution in [0.5, 0.6) is 0 Å². The Morgan fingerprint density at radius 3 is 1.00 bits per heavy atom. The molecule has 0 N–H and O–H groups in total. The van der Waals surface area contributed by atoms with Gasteiger partial charge in [0.15, 0.2) is 0 Å². The Bertz CT molecular complexity index is 24.0. The van der Waals surface area contributed by atoms with Crippen molar-refractivity contribution in [1.82, 2.24) is 0 Å². The first-order chi connectivity index (χ1) is 0. The van der Waals surface area contributed by atoms with E-state index in [1.807, 2.05) is 0 Å². The summed E-state index contributed by atoms with van der Waals surface area (Å²) in [6.45, 7) is 0. The summed E-state index contributed by atoms with van der Waals surface area (Å²) in [6, 6.07) is 0. The quantitative estimate of drug-likeness (QED) is 0.300. The van der Waals surface area contributed by atoms with Gasteiger partial charge in [-0.05, 0) is 0 Å². The monoisotopic (exact) mass is 974 g/mol. The van der Waals surface area contributed by atoms with Crippen molar-refractivity contribution in [2.24, 2.45) is 0 Å². The molecule has 0 aliphatic carbocycles. The van der Waals surface area contributed by atoms with Crippen LogP contribution in [-0.2, 0) is 152 Å². The van der Waals surface area contributed by atoms with Gasteiger partial charge in [0.2, 0.25) is 0 Å².